The largest absolute Gasteiger partial charge is 0.342 e. The Morgan fingerprint density at radius 1 is 1.31 bits per heavy atom. The maximum absolute atomic E-state index is 12.0. The lowest BCUT2D eigenvalue weighted by Gasteiger charge is -2.33. The molecule has 16 heavy (non-hydrogen) atoms. The van der Waals surface area contributed by atoms with Crippen LogP contribution in [0.4, 0.5) is 0 Å². The molecule has 0 aromatic rings. The molecule has 1 amide bonds. The van der Waals surface area contributed by atoms with Crippen molar-refractivity contribution < 1.29 is 4.79 Å². The van der Waals surface area contributed by atoms with Gasteiger partial charge in [-0.05, 0) is 31.2 Å². The van der Waals surface area contributed by atoms with Gasteiger partial charge in [0.15, 0.2) is 0 Å². The van der Waals surface area contributed by atoms with Gasteiger partial charge in [0.2, 0.25) is 5.91 Å². The van der Waals surface area contributed by atoms with E-state index < -0.39 is 0 Å². The van der Waals surface area contributed by atoms with E-state index in [4.69, 9.17) is 5.73 Å². The molecule has 3 nitrogen and oxygen atoms in total. The van der Waals surface area contributed by atoms with Crippen molar-refractivity contribution in [1.82, 2.24) is 4.90 Å². The summed E-state index contributed by atoms with van der Waals surface area (Å²) in [6.45, 7) is 8.81. The highest BCUT2D eigenvalue weighted by atomic mass is 35.5. The summed E-state index contributed by atoms with van der Waals surface area (Å²) in [5.74, 6) is 1.54. The molecule has 0 aromatic heterocycles. The fourth-order valence-corrected chi connectivity index (χ4v) is 1.96. The third kappa shape index (κ3) is 3.95. The van der Waals surface area contributed by atoms with E-state index in [0.29, 0.717) is 17.7 Å². The summed E-state index contributed by atoms with van der Waals surface area (Å²) in [7, 11) is 0. The Morgan fingerprint density at radius 3 is 2.19 bits per heavy atom. The summed E-state index contributed by atoms with van der Waals surface area (Å²) >= 11 is 0. The van der Waals surface area contributed by atoms with Crippen LogP contribution in [-0.4, -0.2) is 30.4 Å². The van der Waals surface area contributed by atoms with Crippen LogP contribution in [0.2, 0.25) is 0 Å². The molecule has 1 aliphatic rings. The highest BCUT2D eigenvalue weighted by Gasteiger charge is 2.26. The van der Waals surface area contributed by atoms with Gasteiger partial charge in [-0.15, -0.1) is 12.4 Å². The number of amides is 1. The monoisotopic (exact) mass is 248 g/mol. The lowest BCUT2D eigenvalue weighted by molar-refractivity contribution is -0.137. The standard InChI is InChI=1S/C12H24N2O.ClH/c1-9(2)10(3)12(15)14-6-4-11(8-13)5-7-14;/h9-11H,4-8,13H2,1-3H3;1H. The van der Waals surface area contributed by atoms with Gasteiger partial charge in [0, 0.05) is 19.0 Å². The third-order valence-corrected chi connectivity index (χ3v) is 3.65. The first-order valence-electron chi connectivity index (χ1n) is 6.05. The van der Waals surface area contributed by atoms with Crippen molar-refractivity contribution in [3.63, 3.8) is 0 Å². The molecule has 0 spiro atoms. The Bertz CT molecular complexity index is 213. The van der Waals surface area contributed by atoms with Gasteiger partial charge in [0.05, 0.1) is 0 Å². The summed E-state index contributed by atoms with van der Waals surface area (Å²) in [6.07, 6.45) is 2.15. The number of nitrogens with zero attached hydrogens (tertiary/aromatic N) is 1. The normalized spacial score (nSPS) is 19.4. The lowest BCUT2D eigenvalue weighted by atomic mass is 9.93. The number of halogens is 1. The van der Waals surface area contributed by atoms with Gasteiger partial charge in [-0.3, -0.25) is 4.79 Å². The van der Waals surface area contributed by atoms with E-state index in [0.717, 1.165) is 32.5 Å². The number of carbonyl (C=O) groups excluding carboxylic acids is 1. The predicted molar refractivity (Wildman–Crippen MR) is 69.6 cm³/mol. The van der Waals surface area contributed by atoms with Crippen LogP contribution in [0, 0.1) is 17.8 Å². The molecule has 1 atom stereocenters. The van der Waals surface area contributed by atoms with Crippen LogP contribution in [0.3, 0.4) is 0 Å². The van der Waals surface area contributed by atoms with Crippen LogP contribution in [-0.2, 0) is 4.79 Å². The molecule has 0 aromatic carbocycles. The Hall–Kier alpha value is -0.280. The van der Waals surface area contributed by atoms with Gasteiger partial charge in [-0.1, -0.05) is 20.8 Å². The number of carbonyl (C=O) groups is 1. The molecule has 1 rings (SSSR count). The average Bonchev–Trinajstić information content (AvgIpc) is 2.27. The maximum atomic E-state index is 12.0. The Balaban J connectivity index is 0.00000225. The van der Waals surface area contributed by atoms with Crippen LogP contribution in [0.15, 0.2) is 0 Å². The number of hydrogen-bond acceptors (Lipinski definition) is 2. The topological polar surface area (TPSA) is 46.3 Å². The van der Waals surface area contributed by atoms with Crippen molar-refractivity contribution >= 4 is 18.3 Å². The van der Waals surface area contributed by atoms with E-state index in [1.807, 2.05) is 11.8 Å². The van der Waals surface area contributed by atoms with Gasteiger partial charge < -0.3 is 10.6 Å². The van der Waals surface area contributed by atoms with E-state index in [1.165, 1.54) is 0 Å². The SMILES string of the molecule is CC(C)C(C)C(=O)N1CCC(CN)CC1.Cl. The summed E-state index contributed by atoms with van der Waals surface area (Å²) < 4.78 is 0. The third-order valence-electron chi connectivity index (χ3n) is 3.65. The number of piperidine rings is 1. The number of likely N-dealkylation sites (tertiary alicyclic amines) is 1. The molecule has 4 heteroatoms. The van der Waals surface area contributed by atoms with Gasteiger partial charge in [-0.25, -0.2) is 0 Å². The van der Waals surface area contributed by atoms with E-state index in [1.54, 1.807) is 0 Å². The Morgan fingerprint density at radius 2 is 1.81 bits per heavy atom. The van der Waals surface area contributed by atoms with E-state index in [-0.39, 0.29) is 18.3 Å². The molecule has 96 valence electrons. The van der Waals surface area contributed by atoms with Gasteiger partial charge in [-0.2, -0.15) is 0 Å². The van der Waals surface area contributed by atoms with Crippen molar-refractivity contribution in [2.45, 2.75) is 33.6 Å². The predicted octanol–water partition coefficient (Wildman–Crippen LogP) is 1.90. The molecular weight excluding hydrogens is 224 g/mol. The zero-order valence-corrected chi connectivity index (χ0v) is 11.4. The number of nitrogens with two attached hydrogens (primary N) is 1. The highest BCUT2D eigenvalue weighted by molar-refractivity contribution is 5.85. The van der Waals surface area contributed by atoms with Crippen molar-refractivity contribution in [3.8, 4) is 0 Å². The van der Waals surface area contributed by atoms with E-state index in [9.17, 15) is 4.79 Å². The fraction of sp³-hybridized carbons (Fsp3) is 0.917. The second-order valence-electron chi connectivity index (χ2n) is 5.04. The second kappa shape index (κ2) is 7.13. The van der Waals surface area contributed by atoms with Gasteiger partial charge in [0.1, 0.15) is 0 Å². The molecule has 1 saturated heterocycles. The van der Waals surface area contributed by atoms with Crippen LogP contribution in [0.1, 0.15) is 33.6 Å². The minimum absolute atomic E-state index is 0. The highest BCUT2D eigenvalue weighted by Crippen LogP contribution is 2.20. The average molecular weight is 249 g/mol. The van der Waals surface area contributed by atoms with E-state index >= 15 is 0 Å². The van der Waals surface area contributed by atoms with Crippen LogP contribution in [0.5, 0.6) is 0 Å². The van der Waals surface area contributed by atoms with Gasteiger partial charge in [0.25, 0.3) is 0 Å². The minimum atomic E-state index is 0. The summed E-state index contributed by atoms with van der Waals surface area (Å²) in [5.41, 5.74) is 5.63. The summed E-state index contributed by atoms with van der Waals surface area (Å²) in [4.78, 5) is 14.0. The van der Waals surface area contributed by atoms with Crippen LogP contribution >= 0.6 is 12.4 Å². The molecule has 1 unspecified atom stereocenters. The van der Waals surface area contributed by atoms with Gasteiger partial charge >= 0.3 is 0 Å². The first-order valence-corrected chi connectivity index (χ1v) is 6.05. The number of hydrogen-bond donors (Lipinski definition) is 1. The maximum Gasteiger partial charge on any atom is 0.225 e. The van der Waals surface area contributed by atoms with Crippen molar-refractivity contribution in [1.29, 1.82) is 0 Å². The molecule has 0 radical (unpaired) electrons. The minimum Gasteiger partial charge on any atom is -0.342 e. The second-order valence-corrected chi connectivity index (χ2v) is 5.04. The Kier molecular flexibility index (Phi) is 7.00. The quantitative estimate of drug-likeness (QED) is 0.829. The van der Waals surface area contributed by atoms with Crippen LogP contribution < -0.4 is 5.73 Å². The van der Waals surface area contributed by atoms with Crippen molar-refractivity contribution in [2.24, 2.45) is 23.5 Å². The fourth-order valence-electron chi connectivity index (χ4n) is 1.96. The molecule has 0 bridgehead atoms. The molecule has 0 aliphatic carbocycles. The van der Waals surface area contributed by atoms with Crippen molar-refractivity contribution in [3.05, 3.63) is 0 Å². The Labute approximate surface area is 105 Å². The smallest absolute Gasteiger partial charge is 0.225 e. The first-order chi connectivity index (χ1) is 7.06. The summed E-state index contributed by atoms with van der Waals surface area (Å²) in [5, 5.41) is 0. The molecular formula is C12H25ClN2O. The summed E-state index contributed by atoms with van der Waals surface area (Å²) in [6, 6.07) is 0. The molecule has 1 heterocycles. The molecule has 0 saturated carbocycles. The zero-order valence-electron chi connectivity index (χ0n) is 10.6. The van der Waals surface area contributed by atoms with Crippen molar-refractivity contribution in [2.75, 3.05) is 19.6 Å². The first kappa shape index (κ1) is 15.7. The number of rotatable bonds is 3. The van der Waals surface area contributed by atoms with Crippen LogP contribution in [0.25, 0.3) is 0 Å². The molecule has 1 aliphatic heterocycles. The zero-order chi connectivity index (χ0) is 11.4. The molecule has 1 fully saturated rings. The van der Waals surface area contributed by atoms with E-state index in [2.05, 4.69) is 13.8 Å². The lowest BCUT2D eigenvalue weighted by Crippen LogP contribution is -2.43. The molecule has 2 N–H and O–H groups in total.